The third-order valence-electron chi connectivity index (χ3n) is 4.60. The highest BCUT2D eigenvalue weighted by Crippen LogP contribution is 2.41. The molecular formula is C17H28N4. The molecule has 3 rings (SSSR count). The lowest BCUT2D eigenvalue weighted by Gasteiger charge is -2.24. The van der Waals surface area contributed by atoms with E-state index in [0.717, 1.165) is 43.5 Å². The fraction of sp³-hybridized carbons (Fsp3) is 0.765. The minimum atomic E-state index is 0.397. The van der Waals surface area contributed by atoms with Gasteiger partial charge in [0.1, 0.15) is 17.5 Å². The van der Waals surface area contributed by atoms with Gasteiger partial charge in [0.15, 0.2) is 0 Å². The molecule has 0 unspecified atom stereocenters. The van der Waals surface area contributed by atoms with Gasteiger partial charge in [-0.15, -0.1) is 0 Å². The van der Waals surface area contributed by atoms with E-state index < -0.39 is 0 Å². The van der Waals surface area contributed by atoms with Crippen LogP contribution in [-0.2, 0) is 0 Å². The van der Waals surface area contributed by atoms with E-state index >= 15 is 0 Å². The number of rotatable bonds is 5. The van der Waals surface area contributed by atoms with Gasteiger partial charge in [-0.3, -0.25) is 0 Å². The first-order valence-electron chi connectivity index (χ1n) is 8.37. The van der Waals surface area contributed by atoms with Gasteiger partial charge in [-0.2, -0.15) is 0 Å². The SMILES string of the molecule is CCCNc1nc(C2CC2)nc(N2CCC(C)(C)C2)c1C. The van der Waals surface area contributed by atoms with Crippen molar-refractivity contribution in [1.82, 2.24) is 9.97 Å². The highest BCUT2D eigenvalue weighted by atomic mass is 15.2. The normalized spacial score (nSPS) is 20.9. The summed E-state index contributed by atoms with van der Waals surface area (Å²) in [6.45, 7) is 12.2. The maximum absolute atomic E-state index is 4.93. The lowest BCUT2D eigenvalue weighted by Crippen LogP contribution is -2.25. The number of nitrogens with zero attached hydrogens (tertiary/aromatic N) is 3. The van der Waals surface area contributed by atoms with Gasteiger partial charge in [0.2, 0.25) is 0 Å². The Hall–Kier alpha value is -1.32. The highest BCUT2D eigenvalue weighted by molar-refractivity contribution is 5.59. The fourth-order valence-electron chi connectivity index (χ4n) is 3.06. The number of hydrogen-bond donors (Lipinski definition) is 1. The van der Waals surface area contributed by atoms with Crippen molar-refractivity contribution < 1.29 is 0 Å². The van der Waals surface area contributed by atoms with Crippen LogP contribution in [0, 0.1) is 12.3 Å². The fourth-order valence-corrected chi connectivity index (χ4v) is 3.06. The summed E-state index contributed by atoms with van der Waals surface area (Å²) in [7, 11) is 0. The predicted octanol–water partition coefficient (Wildman–Crippen LogP) is 3.72. The van der Waals surface area contributed by atoms with Gasteiger partial charge >= 0.3 is 0 Å². The summed E-state index contributed by atoms with van der Waals surface area (Å²) >= 11 is 0. The largest absolute Gasteiger partial charge is 0.370 e. The van der Waals surface area contributed by atoms with Crippen LogP contribution in [0.25, 0.3) is 0 Å². The number of hydrogen-bond acceptors (Lipinski definition) is 4. The molecule has 2 fully saturated rings. The molecule has 0 bridgehead atoms. The van der Waals surface area contributed by atoms with E-state index in [1.54, 1.807) is 0 Å². The van der Waals surface area contributed by atoms with Crippen molar-refractivity contribution in [3.63, 3.8) is 0 Å². The van der Waals surface area contributed by atoms with Gasteiger partial charge in [-0.1, -0.05) is 20.8 Å². The molecular weight excluding hydrogens is 260 g/mol. The van der Waals surface area contributed by atoms with Crippen LogP contribution in [0.1, 0.15) is 63.8 Å². The zero-order valence-corrected chi connectivity index (χ0v) is 13.9. The summed E-state index contributed by atoms with van der Waals surface area (Å²) in [4.78, 5) is 12.2. The van der Waals surface area contributed by atoms with Crippen LogP contribution < -0.4 is 10.2 Å². The molecule has 1 N–H and O–H groups in total. The maximum Gasteiger partial charge on any atom is 0.137 e. The molecule has 0 amide bonds. The topological polar surface area (TPSA) is 41.1 Å². The van der Waals surface area contributed by atoms with Crippen molar-refractivity contribution in [1.29, 1.82) is 0 Å². The van der Waals surface area contributed by atoms with Crippen molar-refractivity contribution in [3.8, 4) is 0 Å². The van der Waals surface area contributed by atoms with Crippen molar-refractivity contribution in [2.75, 3.05) is 29.9 Å². The average molecular weight is 288 g/mol. The van der Waals surface area contributed by atoms with E-state index in [9.17, 15) is 0 Å². The van der Waals surface area contributed by atoms with Crippen molar-refractivity contribution in [3.05, 3.63) is 11.4 Å². The molecule has 4 nitrogen and oxygen atoms in total. The molecule has 4 heteroatoms. The molecule has 0 atom stereocenters. The van der Waals surface area contributed by atoms with Crippen molar-refractivity contribution in [2.45, 2.75) is 59.3 Å². The summed E-state index contributed by atoms with van der Waals surface area (Å²) in [5.41, 5.74) is 1.61. The van der Waals surface area contributed by atoms with Crippen LogP contribution in [0.3, 0.4) is 0 Å². The van der Waals surface area contributed by atoms with E-state index in [2.05, 4.69) is 37.9 Å². The first-order chi connectivity index (χ1) is 10.00. The smallest absolute Gasteiger partial charge is 0.137 e. The van der Waals surface area contributed by atoms with Gasteiger partial charge in [-0.25, -0.2) is 9.97 Å². The Kier molecular flexibility index (Phi) is 3.80. The van der Waals surface area contributed by atoms with E-state index in [0.29, 0.717) is 11.3 Å². The summed E-state index contributed by atoms with van der Waals surface area (Å²) in [6, 6.07) is 0. The molecule has 1 saturated heterocycles. The van der Waals surface area contributed by atoms with Crippen LogP contribution in [0.15, 0.2) is 0 Å². The average Bonchev–Trinajstić information content (AvgIpc) is 3.22. The van der Waals surface area contributed by atoms with Crippen LogP contribution in [-0.4, -0.2) is 29.6 Å². The molecule has 1 aliphatic carbocycles. The molecule has 2 heterocycles. The zero-order chi connectivity index (χ0) is 15.0. The lowest BCUT2D eigenvalue weighted by atomic mass is 9.93. The summed E-state index contributed by atoms with van der Waals surface area (Å²) in [5, 5.41) is 3.49. The molecule has 0 aromatic carbocycles. The van der Waals surface area contributed by atoms with Crippen LogP contribution in [0.4, 0.5) is 11.6 Å². The van der Waals surface area contributed by atoms with Gasteiger partial charge in [0.25, 0.3) is 0 Å². The van der Waals surface area contributed by atoms with Gasteiger partial charge in [0.05, 0.1) is 0 Å². The molecule has 1 saturated carbocycles. The van der Waals surface area contributed by atoms with E-state index in [4.69, 9.17) is 9.97 Å². The quantitative estimate of drug-likeness (QED) is 0.896. The third kappa shape index (κ3) is 3.14. The Bertz CT molecular complexity index is 520. The summed E-state index contributed by atoms with van der Waals surface area (Å²) in [6.07, 6.45) is 4.86. The van der Waals surface area contributed by atoms with Gasteiger partial charge in [-0.05, 0) is 38.0 Å². The number of nitrogens with one attached hydrogen (secondary N) is 1. The second kappa shape index (κ2) is 5.47. The number of anilines is 2. The number of aromatic nitrogens is 2. The molecule has 1 aliphatic heterocycles. The van der Waals surface area contributed by atoms with Gasteiger partial charge < -0.3 is 10.2 Å². The second-order valence-electron chi connectivity index (χ2n) is 7.42. The molecule has 2 aliphatic rings. The first kappa shape index (κ1) is 14.6. The monoisotopic (exact) mass is 288 g/mol. The Balaban J connectivity index is 1.92. The van der Waals surface area contributed by atoms with Gasteiger partial charge in [0, 0.05) is 31.1 Å². The third-order valence-corrected chi connectivity index (χ3v) is 4.60. The van der Waals surface area contributed by atoms with E-state index in [1.165, 1.54) is 24.8 Å². The van der Waals surface area contributed by atoms with E-state index in [-0.39, 0.29) is 0 Å². The zero-order valence-electron chi connectivity index (χ0n) is 13.9. The van der Waals surface area contributed by atoms with E-state index in [1.807, 2.05) is 0 Å². The van der Waals surface area contributed by atoms with Crippen LogP contribution in [0.2, 0.25) is 0 Å². The highest BCUT2D eigenvalue weighted by Gasteiger charge is 2.33. The lowest BCUT2D eigenvalue weighted by molar-refractivity contribution is 0.418. The van der Waals surface area contributed by atoms with Crippen LogP contribution in [0.5, 0.6) is 0 Å². The molecule has 21 heavy (non-hydrogen) atoms. The predicted molar refractivity (Wildman–Crippen MR) is 88.1 cm³/mol. The maximum atomic E-state index is 4.93. The van der Waals surface area contributed by atoms with Crippen molar-refractivity contribution in [2.24, 2.45) is 5.41 Å². The standard InChI is InChI=1S/C17H28N4/c1-5-9-18-14-12(2)16(20-15(19-14)13-6-7-13)21-10-8-17(3,4)11-21/h13H,5-11H2,1-4H3,(H,18,19,20). The molecule has 0 radical (unpaired) electrons. The Morgan fingerprint density at radius 1 is 1.29 bits per heavy atom. The summed E-state index contributed by atoms with van der Waals surface area (Å²) in [5.74, 6) is 3.87. The minimum Gasteiger partial charge on any atom is -0.370 e. The Labute approximate surface area is 128 Å². The first-order valence-corrected chi connectivity index (χ1v) is 8.37. The molecule has 0 spiro atoms. The second-order valence-corrected chi connectivity index (χ2v) is 7.42. The Morgan fingerprint density at radius 2 is 2.05 bits per heavy atom. The summed E-state index contributed by atoms with van der Waals surface area (Å²) < 4.78 is 0. The van der Waals surface area contributed by atoms with Crippen LogP contribution >= 0.6 is 0 Å². The minimum absolute atomic E-state index is 0.397. The molecule has 1 aromatic heterocycles. The molecule has 1 aromatic rings. The molecule has 116 valence electrons. The van der Waals surface area contributed by atoms with Crippen molar-refractivity contribution >= 4 is 11.6 Å². The Morgan fingerprint density at radius 3 is 2.62 bits per heavy atom.